The fraction of sp³-hybridized carbons (Fsp3) is 0.217. The molecule has 3 aliphatic heterocycles. The zero-order valence-corrected chi connectivity index (χ0v) is 16.6. The van der Waals surface area contributed by atoms with Crippen LogP contribution in [0.2, 0.25) is 0 Å². The Hall–Kier alpha value is -3.94. The third kappa shape index (κ3) is 2.54. The highest BCUT2D eigenvalue weighted by Gasteiger charge is 2.64. The van der Waals surface area contributed by atoms with Gasteiger partial charge in [-0.1, -0.05) is 36.4 Å². The van der Waals surface area contributed by atoms with Gasteiger partial charge in [-0.2, -0.15) is 0 Å². The Morgan fingerprint density at radius 1 is 0.968 bits per heavy atom. The van der Waals surface area contributed by atoms with Crippen molar-refractivity contribution in [3.63, 3.8) is 0 Å². The van der Waals surface area contributed by atoms with Gasteiger partial charge in [-0.25, -0.2) is 9.69 Å². The summed E-state index contributed by atoms with van der Waals surface area (Å²) in [5.74, 6) is -4.10. The SMILES string of the molecule is COC(=O)c1ccccc1N1C(=O)[C@@H]2[C@@H](C1=O)[C@H]1c3ccccc3C=CN1[C@@H]2C(N)=O. The van der Waals surface area contributed by atoms with Crippen LogP contribution in [-0.4, -0.2) is 41.7 Å². The van der Waals surface area contributed by atoms with Gasteiger partial charge in [0.2, 0.25) is 17.7 Å². The number of nitrogens with zero attached hydrogens (tertiary/aromatic N) is 2. The number of anilines is 1. The maximum atomic E-state index is 13.6. The van der Waals surface area contributed by atoms with Gasteiger partial charge in [0, 0.05) is 6.20 Å². The minimum absolute atomic E-state index is 0.100. The van der Waals surface area contributed by atoms with Crippen LogP contribution >= 0.6 is 0 Å². The minimum Gasteiger partial charge on any atom is -0.465 e. The number of fused-ring (bicyclic) bond motifs is 5. The van der Waals surface area contributed by atoms with Crippen LogP contribution in [0, 0.1) is 11.8 Å². The highest BCUT2D eigenvalue weighted by molar-refractivity contribution is 6.25. The maximum absolute atomic E-state index is 13.6. The fourth-order valence-corrected chi connectivity index (χ4v) is 5.07. The lowest BCUT2D eigenvalue weighted by atomic mass is 9.84. The van der Waals surface area contributed by atoms with Gasteiger partial charge in [-0.15, -0.1) is 0 Å². The van der Waals surface area contributed by atoms with Crippen LogP contribution in [0.1, 0.15) is 27.5 Å². The van der Waals surface area contributed by atoms with Crippen molar-refractivity contribution in [3.05, 3.63) is 71.4 Å². The molecule has 156 valence electrons. The minimum atomic E-state index is -0.966. The van der Waals surface area contributed by atoms with E-state index in [0.717, 1.165) is 16.0 Å². The van der Waals surface area contributed by atoms with Crippen LogP contribution in [0.5, 0.6) is 0 Å². The second-order valence-corrected chi connectivity index (χ2v) is 7.76. The molecule has 0 aromatic heterocycles. The Bertz CT molecular complexity index is 1170. The van der Waals surface area contributed by atoms with Gasteiger partial charge in [-0.05, 0) is 29.3 Å². The number of esters is 1. The van der Waals surface area contributed by atoms with Crippen molar-refractivity contribution in [2.75, 3.05) is 12.0 Å². The Kier molecular flexibility index (Phi) is 4.18. The number of rotatable bonds is 3. The van der Waals surface area contributed by atoms with Crippen LogP contribution in [0.15, 0.2) is 54.7 Å². The van der Waals surface area contributed by atoms with Crippen molar-refractivity contribution in [1.82, 2.24) is 4.90 Å². The van der Waals surface area contributed by atoms with Crippen molar-refractivity contribution in [2.45, 2.75) is 12.1 Å². The number of carbonyl (C=O) groups is 4. The van der Waals surface area contributed by atoms with Crippen molar-refractivity contribution >= 4 is 35.5 Å². The monoisotopic (exact) mass is 417 g/mol. The number of para-hydroxylation sites is 1. The smallest absolute Gasteiger partial charge is 0.339 e. The van der Waals surface area contributed by atoms with Crippen molar-refractivity contribution < 1.29 is 23.9 Å². The number of amides is 3. The summed E-state index contributed by atoms with van der Waals surface area (Å²) in [5, 5.41) is 0. The second-order valence-electron chi connectivity index (χ2n) is 7.76. The lowest BCUT2D eigenvalue weighted by molar-refractivity contribution is -0.129. The highest BCUT2D eigenvalue weighted by atomic mass is 16.5. The van der Waals surface area contributed by atoms with Gasteiger partial charge in [0.05, 0.1) is 36.2 Å². The molecule has 0 radical (unpaired) electrons. The molecule has 2 aromatic rings. The van der Waals surface area contributed by atoms with Gasteiger partial charge in [0.15, 0.2) is 0 Å². The topological polar surface area (TPSA) is 110 Å². The number of ether oxygens (including phenoxy) is 1. The largest absolute Gasteiger partial charge is 0.465 e. The summed E-state index contributed by atoms with van der Waals surface area (Å²) >= 11 is 0. The number of imide groups is 1. The van der Waals surface area contributed by atoms with E-state index in [9.17, 15) is 19.2 Å². The summed E-state index contributed by atoms with van der Waals surface area (Å²) in [5.41, 5.74) is 7.72. The zero-order chi connectivity index (χ0) is 21.9. The van der Waals surface area contributed by atoms with E-state index >= 15 is 0 Å². The lowest BCUT2D eigenvalue weighted by Crippen LogP contribution is -2.47. The molecule has 3 heterocycles. The zero-order valence-electron chi connectivity index (χ0n) is 16.6. The van der Waals surface area contributed by atoms with Gasteiger partial charge < -0.3 is 15.4 Å². The van der Waals surface area contributed by atoms with Crippen LogP contribution in [0.4, 0.5) is 5.69 Å². The number of benzene rings is 2. The number of primary amides is 1. The summed E-state index contributed by atoms with van der Waals surface area (Å²) in [6, 6.07) is 12.3. The van der Waals surface area contributed by atoms with Crippen LogP contribution in [0.25, 0.3) is 6.08 Å². The summed E-state index contributed by atoms with van der Waals surface area (Å²) in [7, 11) is 1.23. The Morgan fingerprint density at radius 3 is 2.39 bits per heavy atom. The maximum Gasteiger partial charge on any atom is 0.339 e. The molecule has 0 saturated carbocycles. The van der Waals surface area contributed by atoms with Gasteiger partial charge in [0.25, 0.3) is 0 Å². The Morgan fingerprint density at radius 2 is 1.65 bits per heavy atom. The lowest BCUT2D eigenvalue weighted by Gasteiger charge is -2.34. The molecule has 0 unspecified atom stereocenters. The molecule has 3 amide bonds. The first-order chi connectivity index (χ1) is 15.0. The molecule has 2 saturated heterocycles. The quantitative estimate of drug-likeness (QED) is 0.598. The van der Waals surface area contributed by atoms with E-state index in [1.165, 1.54) is 19.2 Å². The molecule has 2 aromatic carbocycles. The number of carbonyl (C=O) groups excluding carboxylic acids is 4. The van der Waals surface area contributed by atoms with Crippen LogP contribution in [0.3, 0.4) is 0 Å². The Balaban J connectivity index is 1.66. The first-order valence-electron chi connectivity index (χ1n) is 9.84. The van der Waals surface area contributed by atoms with E-state index in [4.69, 9.17) is 10.5 Å². The molecule has 0 aliphatic carbocycles. The van der Waals surface area contributed by atoms with E-state index in [2.05, 4.69) is 0 Å². The second kappa shape index (κ2) is 6.80. The summed E-state index contributed by atoms with van der Waals surface area (Å²) in [6.45, 7) is 0. The predicted octanol–water partition coefficient (Wildman–Crippen LogP) is 1.47. The molecule has 5 rings (SSSR count). The number of hydrogen-bond acceptors (Lipinski definition) is 6. The molecule has 8 nitrogen and oxygen atoms in total. The van der Waals surface area contributed by atoms with Crippen LogP contribution < -0.4 is 10.6 Å². The average molecular weight is 417 g/mol. The van der Waals surface area contributed by atoms with E-state index in [-0.39, 0.29) is 11.3 Å². The van der Waals surface area contributed by atoms with Crippen LogP contribution in [-0.2, 0) is 19.1 Å². The van der Waals surface area contributed by atoms with E-state index < -0.39 is 47.6 Å². The fourth-order valence-electron chi connectivity index (χ4n) is 5.07. The predicted molar refractivity (Wildman–Crippen MR) is 110 cm³/mol. The molecule has 31 heavy (non-hydrogen) atoms. The molecule has 8 heteroatoms. The summed E-state index contributed by atoms with van der Waals surface area (Å²) < 4.78 is 4.81. The summed E-state index contributed by atoms with van der Waals surface area (Å²) in [4.78, 5) is 54.6. The molecular formula is C23H19N3O5. The first-order valence-corrected chi connectivity index (χ1v) is 9.84. The van der Waals surface area contributed by atoms with Gasteiger partial charge in [0.1, 0.15) is 6.04 Å². The van der Waals surface area contributed by atoms with Gasteiger partial charge >= 0.3 is 5.97 Å². The number of nitrogens with two attached hydrogens (primary N) is 1. The van der Waals surface area contributed by atoms with E-state index in [1.54, 1.807) is 23.2 Å². The standard InChI is InChI=1S/C23H19N3O5/c1-31-23(30)14-8-4-5-9-15(14)26-21(28)16-17(22(26)29)19(20(24)27)25-11-10-12-6-2-3-7-13(12)18(16)25/h2-11,16-19H,1H3,(H2,24,27)/t16-,17-,18-,19+/m1/s1. The normalized spacial score (nSPS) is 25.8. The molecule has 0 spiro atoms. The first kappa shape index (κ1) is 19.0. The molecule has 3 aliphatic rings. The van der Waals surface area contributed by atoms with E-state index in [0.29, 0.717) is 0 Å². The third-order valence-corrected chi connectivity index (χ3v) is 6.30. The molecule has 2 N–H and O–H groups in total. The molecule has 4 atom stereocenters. The third-order valence-electron chi connectivity index (χ3n) is 6.30. The van der Waals surface area contributed by atoms with Gasteiger partial charge in [-0.3, -0.25) is 14.4 Å². The average Bonchev–Trinajstić information content (AvgIpc) is 3.26. The highest BCUT2D eigenvalue weighted by Crippen LogP contribution is 2.53. The summed E-state index contributed by atoms with van der Waals surface area (Å²) in [6.07, 6.45) is 3.58. The molecule has 0 bridgehead atoms. The molecule has 2 fully saturated rings. The number of hydrogen-bond donors (Lipinski definition) is 1. The Labute approximate surface area is 177 Å². The molecular weight excluding hydrogens is 398 g/mol. The van der Waals surface area contributed by atoms with E-state index in [1.807, 2.05) is 30.3 Å². The van der Waals surface area contributed by atoms with Crippen molar-refractivity contribution in [1.29, 1.82) is 0 Å². The van der Waals surface area contributed by atoms with Crippen molar-refractivity contribution in [3.8, 4) is 0 Å². The number of methoxy groups -OCH3 is 1. The van der Waals surface area contributed by atoms with Crippen molar-refractivity contribution in [2.24, 2.45) is 17.6 Å².